The van der Waals surface area contributed by atoms with Gasteiger partial charge in [0, 0.05) is 36.5 Å². The number of aryl methyl sites for hydroxylation is 1. The molecule has 1 aromatic carbocycles. The molecular formula is C15H11ClN4O4S. The van der Waals surface area contributed by atoms with Crippen LogP contribution in [0.2, 0.25) is 5.02 Å². The predicted molar refractivity (Wildman–Crippen MR) is 91.8 cm³/mol. The number of oxime groups is 1. The summed E-state index contributed by atoms with van der Waals surface area (Å²) < 4.78 is 36.5. The molecule has 0 unspecified atom stereocenters. The van der Waals surface area contributed by atoms with E-state index in [-0.39, 0.29) is 0 Å². The third-order valence-corrected chi connectivity index (χ3v) is 4.46. The van der Waals surface area contributed by atoms with Gasteiger partial charge in [0.25, 0.3) is 0 Å². The molecule has 0 saturated carbocycles. The van der Waals surface area contributed by atoms with E-state index in [2.05, 4.69) is 19.4 Å². The maximum atomic E-state index is 10.8. The van der Waals surface area contributed by atoms with E-state index in [9.17, 15) is 8.42 Å². The molecule has 0 saturated heterocycles. The number of halogens is 1. The van der Waals surface area contributed by atoms with Crippen LogP contribution in [0.3, 0.4) is 0 Å². The van der Waals surface area contributed by atoms with Crippen molar-refractivity contribution in [3.63, 3.8) is 0 Å². The summed E-state index contributed by atoms with van der Waals surface area (Å²) in [6, 6.07) is 7.11. The molecule has 25 heavy (non-hydrogen) atoms. The van der Waals surface area contributed by atoms with Crippen LogP contribution in [0.25, 0.3) is 22.4 Å². The molecule has 0 amide bonds. The van der Waals surface area contributed by atoms with Gasteiger partial charge in [0.1, 0.15) is 11.3 Å². The van der Waals surface area contributed by atoms with Gasteiger partial charge < -0.3 is 4.57 Å². The lowest BCUT2D eigenvalue weighted by Crippen LogP contribution is -2.17. The first-order chi connectivity index (χ1) is 11.9. The highest BCUT2D eigenvalue weighted by Crippen LogP contribution is 2.34. The number of imidazole rings is 1. The summed E-state index contributed by atoms with van der Waals surface area (Å²) in [4.78, 5) is 8.74. The van der Waals surface area contributed by atoms with E-state index in [4.69, 9.17) is 16.2 Å². The van der Waals surface area contributed by atoms with Crippen molar-refractivity contribution in [1.29, 1.82) is 0 Å². The summed E-state index contributed by atoms with van der Waals surface area (Å²) in [7, 11) is -4.66. The SMILES string of the molecule is O=S(=O)(O)O/N=C1/CCn2c(-c3cccnc3)nc3c(Cl)ccc1c32. The van der Waals surface area contributed by atoms with Crippen LogP contribution in [0.4, 0.5) is 0 Å². The fourth-order valence-electron chi connectivity index (χ4n) is 2.91. The molecular weight excluding hydrogens is 368 g/mol. The molecule has 0 bridgehead atoms. The van der Waals surface area contributed by atoms with Gasteiger partial charge in [-0.2, -0.15) is 8.42 Å². The molecule has 0 aliphatic carbocycles. The minimum atomic E-state index is -4.66. The second kappa shape index (κ2) is 5.80. The standard InChI is InChI=1S/C15H11ClN4O4S/c16-11-4-3-10-12(19-24-25(21,22)23)5-7-20-14(10)13(11)18-15(20)9-2-1-6-17-8-9/h1-4,6,8H,5,7H2,(H,21,22,23)/b19-12-. The van der Waals surface area contributed by atoms with Gasteiger partial charge in [-0.05, 0) is 24.3 Å². The van der Waals surface area contributed by atoms with E-state index in [1.807, 2.05) is 16.7 Å². The van der Waals surface area contributed by atoms with Crippen molar-refractivity contribution >= 4 is 38.7 Å². The smallest absolute Gasteiger partial charge is 0.323 e. The van der Waals surface area contributed by atoms with E-state index >= 15 is 0 Å². The van der Waals surface area contributed by atoms with Crippen LogP contribution >= 0.6 is 11.6 Å². The van der Waals surface area contributed by atoms with Crippen molar-refractivity contribution in [2.75, 3.05) is 0 Å². The normalized spacial score (nSPS) is 15.7. The Kier molecular flexibility index (Phi) is 3.71. The van der Waals surface area contributed by atoms with E-state index in [1.54, 1.807) is 24.5 Å². The van der Waals surface area contributed by atoms with Crippen molar-refractivity contribution in [3.05, 3.63) is 47.2 Å². The molecule has 128 valence electrons. The Morgan fingerprint density at radius 1 is 1.32 bits per heavy atom. The average molecular weight is 379 g/mol. The fourth-order valence-corrected chi connectivity index (χ4v) is 3.29. The van der Waals surface area contributed by atoms with Crippen LogP contribution in [-0.2, 0) is 21.2 Å². The van der Waals surface area contributed by atoms with Gasteiger partial charge in [-0.3, -0.25) is 9.54 Å². The minimum Gasteiger partial charge on any atom is -0.323 e. The third kappa shape index (κ3) is 2.86. The summed E-state index contributed by atoms with van der Waals surface area (Å²) in [6.45, 7) is 0.502. The van der Waals surface area contributed by atoms with Crippen LogP contribution in [0, 0.1) is 0 Å². The lowest BCUT2D eigenvalue weighted by atomic mass is 10.0. The number of hydrogen-bond donors (Lipinski definition) is 1. The van der Waals surface area contributed by atoms with Crippen LogP contribution in [0.1, 0.15) is 12.0 Å². The van der Waals surface area contributed by atoms with E-state index in [0.717, 1.165) is 11.1 Å². The largest absolute Gasteiger partial charge is 0.466 e. The fraction of sp³-hybridized carbons (Fsp3) is 0.133. The minimum absolute atomic E-state index is 0.393. The molecule has 10 heteroatoms. The monoisotopic (exact) mass is 378 g/mol. The number of rotatable bonds is 3. The molecule has 0 radical (unpaired) electrons. The van der Waals surface area contributed by atoms with Crippen LogP contribution < -0.4 is 0 Å². The van der Waals surface area contributed by atoms with Gasteiger partial charge in [-0.25, -0.2) is 9.27 Å². The Morgan fingerprint density at radius 2 is 2.16 bits per heavy atom. The van der Waals surface area contributed by atoms with Crippen molar-refractivity contribution < 1.29 is 17.3 Å². The number of benzene rings is 1. The predicted octanol–water partition coefficient (Wildman–Crippen LogP) is 2.68. The Morgan fingerprint density at radius 3 is 2.88 bits per heavy atom. The maximum Gasteiger partial charge on any atom is 0.466 e. The van der Waals surface area contributed by atoms with Crippen LogP contribution in [-0.4, -0.2) is 33.2 Å². The zero-order valence-electron chi connectivity index (χ0n) is 12.6. The second-order valence-corrected chi connectivity index (χ2v) is 6.82. The number of pyridine rings is 1. The zero-order valence-corrected chi connectivity index (χ0v) is 14.2. The van der Waals surface area contributed by atoms with Crippen molar-refractivity contribution in [2.24, 2.45) is 5.16 Å². The van der Waals surface area contributed by atoms with Gasteiger partial charge in [0.15, 0.2) is 0 Å². The molecule has 4 rings (SSSR count). The Balaban J connectivity index is 1.94. The molecule has 0 fully saturated rings. The van der Waals surface area contributed by atoms with Gasteiger partial charge >= 0.3 is 10.4 Å². The van der Waals surface area contributed by atoms with Crippen molar-refractivity contribution in [3.8, 4) is 11.4 Å². The Labute approximate surface area is 147 Å². The number of hydrogen-bond acceptors (Lipinski definition) is 6. The lowest BCUT2D eigenvalue weighted by Gasteiger charge is -2.18. The number of aromatic nitrogens is 3. The molecule has 0 atom stereocenters. The highest BCUT2D eigenvalue weighted by Gasteiger charge is 2.25. The van der Waals surface area contributed by atoms with Gasteiger partial charge in [0.05, 0.1) is 16.3 Å². The molecule has 3 heterocycles. The molecule has 1 N–H and O–H groups in total. The third-order valence-electron chi connectivity index (χ3n) is 3.89. The molecule has 0 spiro atoms. The average Bonchev–Trinajstić information content (AvgIpc) is 2.98. The Bertz CT molecular complexity index is 1110. The highest BCUT2D eigenvalue weighted by molar-refractivity contribution is 7.80. The Hall–Kier alpha value is -2.49. The maximum absolute atomic E-state index is 10.8. The first kappa shape index (κ1) is 16.0. The topological polar surface area (TPSA) is 107 Å². The summed E-state index contributed by atoms with van der Waals surface area (Å²) in [6.07, 6.45) is 3.80. The number of nitrogens with zero attached hydrogens (tertiary/aromatic N) is 4. The van der Waals surface area contributed by atoms with Gasteiger partial charge in [-0.15, -0.1) is 0 Å². The summed E-state index contributed by atoms with van der Waals surface area (Å²) in [5, 5.41) is 4.04. The molecule has 1 aliphatic rings. The molecule has 3 aromatic rings. The lowest BCUT2D eigenvalue weighted by molar-refractivity contribution is 0.281. The molecule has 1 aliphatic heterocycles. The zero-order chi connectivity index (χ0) is 17.6. The van der Waals surface area contributed by atoms with E-state index in [1.165, 1.54) is 0 Å². The summed E-state index contributed by atoms with van der Waals surface area (Å²) in [5.41, 5.74) is 3.20. The first-order valence-electron chi connectivity index (χ1n) is 7.26. The molecule has 8 nitrogen and oxygen atoms in total. The molecule has 2 aromatic heterocycles. The van der Waals surface area contributed by atoms with Crippen LogP contribution in [0.15, 0.2) is 41.8 Å². The highest BCUT2D eigenvalue weighted by atomic mass is 35.5. The van der Waals surface area contributed by atoms with Crippen molar-refractivity contribution in [1.82, 2.24) is 14.5 Å². The van der Waals surface area contributed by atoms with E-state index in [0.29, 0.717) is 40.6 Å². The summed E-state index contributed by atoms with van der Waals surface area (Å²) in [5.74, 6) is 0.715. The van der Waals surface area contributed by atoms with Gasteiger partial charge in [-0.1, -0.05) is 16.8 Å². The van der Waals surface area contributed by atoms with Crippen LogP contribution in [0.5, 0.6) is 0 Å². The summed E-state index contributed by atoms with van der Waals surface area (Å²) >= 11 is 6.28. The second-order valence-electron chi connectivity index (χ2n) is 5.41. The quantitative estimate of drug-likeness (QED) is 0.554. The van der Waals surface area contributed by atoms with Crippen molar-refractivity contribution in [2.45, 2.75) is 13.0 Å². The van der Waals surface area contributed by atoms with E-state index < -0.39 is 10.4 Å². The van der Waals surface area contributed by atoms with Gasteiger partial charge in [0.2, 0.25) is 0 Å². The first-order valence-corrected chi connectivity index (χ1v) is 9.01.